The van der Waals surface area contributed by atoms with Crippen molar-refractivity contribution in [2.24, 2.45) is 11.8 Å². The molecule has 0 aliphatic carbocycles. The molecule has 0 spiro atoms. The number of hydrogen-bond donors (Lipinski definition) is 1. The van der Waals surface area contributed by atoms with Crippen molar-refractivity contribution in [2.75, 3.05) is 11.9 Å². The molecule has 0 saturated heterocycles. The van der Waals surface area contributed by atoms with E-state index in [4.69, 9.17) is 5.11 Å². The van der Waals surface area contributed by atoms with E-state index in [1.54, 1.807) is 0 Å². The highest BCUT2D eigenvalue weighted by atomic mass is 79.9. The Labute approximate surface area is 78.3 Å². The second-order valence-corrected chi connectivity index (χ2v) is 4.25. The first-order valence-electron chi connectivity index (χ1n) is 4.37. The van der Waals surface area contributed by atoms with Crippen LogP contribution in [-0.4, -0.2) is 17.0 Å². The zero-order chi connectivity index (χ0) is 8.69. The molecule has 1 nitrogen and oxygen atoms in total. The molecule has 0 aliphatic rings. The van der Waals surface area contributed by atoms with Crippen LogP contribution in [0, 0.1) is 11.8 Å². The molecule has 68 valence electrons. The van der Waals surface area contributed by atoms with Crippen molar-refractivity contribution in [1.82, 2.24) is 0 Å². The molecule has 0 rings (SSSR count). The fourth-order valence-corrected chi connectivity index (χ4v) is 1.63. The Balaban J connectivity index is 3.27. The van der Waals surface area contributed by atoms with E-state index in [1.807, 2.05) is 0 Å². The normalized spacial score (nSPS) is 16.4. The third-order valence-electron chi connectivity index (χ3n) is 1.95. The van der Waals surface area contributed by atoms with E-state index in [2.05, 4.69) is 29.8 Å². The van der Waals surface area contributed by atoms with Gasteiger partial charge in [-0.05, 0) is 31.1 Å². The van der Waals surface area contributed by atoms with Gasteiger partial charge in [0.1, 0.15) is 0 Å². The first kappa shape index (κ1) is 11.4. The standard InChI is InChI=1S/C9H19BrO/c1-8(4-3-5-10)6-9(2)7-11/h8-9,11H,3-7H2,1-2H3. The van der Waals surface area contributed by atoms with E-state index >= 15 is 0 Å². The monoisotopic (exact) mass is 222 g/mol. The summed E-state index contributed by atoms with van der Waals surface area (Å²) in [6, 6.07) is 0. The largest absolute Gasteiger partial charge is 0.396 e. The number of rotatable bonds is 6. The van der Waals surface area contributed by atoms with Gasteiger partial charge in [-0.3, -0.25) is 0 Å². The van der Waals surface area contributed by atoms with Crippen LogP contribution < -0.4 is 0 Å². The number of alkyl halides is 1. The molecule has 2 atom stereocenters. The van der Waals surface area contributed by atoms with Crippen LogP contribution in [0.4, 0.5) is 0 Å². The molecule has 0 bridgehead atoms. The topological polar surface area (TPSA) is 20.2 Å². The summed E-state index contributed by atoms with van der Waals surface area (Å²) in [7, 11) is 0. The summed E-state index contributed by atoms with van der Waals surface area (Å²) in [5, 5.41) is 9.90. The molecule has 0 amide bonds. The summed E-state index contributed by atoms with van der Waals surface area (Å²) in [6.07, 6.45) is 3.68. The summed E-state index contributed by atoms with van der Waals surface area (Å²) in [5.74, 6) is 1.23. The highest BCUT2D eigenvalue weighted by molar-refractivity contribution is 9.09. The highest BCUT2D eigenvalue weighted by Crippen LogP contribution is 2.16. The van der Waals surface area contributed by atoms with Crippen LogP contribution in [-0.2, 0) is 0 Å². The average molecular weight is 223 g/mol. The van der Waals surface area contributed by atoms with Crippen molar-refractivity contribution in [3.8, 4) is 0 Å². The molecule has 0 aliphatic heterocycles. The quantitative estimate of drug-likeness (QED) is 0.686. The number of aliphatic hydroxyl groups is 1. The highest BCUT2D eigenvalue weighted by Gasteiger charge is 2.06. The lowest BCUT2D eigenvalue weighted by Crippen LogP contribution is -2.06. The Morgan fingerprint density at radius 1 is 1.27 bits per heavy atom. The SMILES string of the molecule is CC(CO)CC(C)CCCBr. The first-order valence-corrected chi connectivity index (χ1v) is 5.49. The van der Waals surface area contributed by atoms with Crippen molar-refractivity contribution in [1.29, 1.82) is 0 Å². The third-order valence-corrected chi connectivity index (χ3v) is 2.51. The third kappa shape index (κ3) is 6.82. The second kappa shape index (κ2) is 7.11. The van der Waals surface area contributed by atoms with Gasteiger partial charge in [0.25, 0.3) is 0 Å². The molecule has 0 aromatic rings. The maximum atomic E-state index is 8.80. The zero-order valence-corrected chi connectivity index (χ0v) is 9.10. The number of hydrogen-bond acceptors (Lipinski definition) is 1. The maximum absolute atomic E-state index is 8.80. The van der Waals surface area contributed by atoms with Crippen LogP contribution in [0.2, 0.25) is 0 Å². The van der Waals surface area contributed by atoms with Gasteiger partial charge in [-0.25, -0.2) is 0 Å². The molecule has 0 aromatic heterocycles. The van der Waals surface area contributed by atoms with Crippen LogP contribution in [0.25, 0.3) is 0 Å². The van der Waals surface area contributed by atoms with Crippen molar-refractivity contribution < 1.29 is 5.11 Å². The van der Waals surface area contributed by atoms with E-state index in [9.17, 15) is 0 Å². The zero-order valence-electron chi connectivity index (χ0n) is 7.52. The average Bonchev–Trinajstić information content (AvgIpc) is 2.00. The molecule has 1 N–H and O–H groups in total. The van der Waals surface area contributed by atoms with Crippen LogP contribution in [0.1, 0.15) is 33.1 Å². The Morgan fingerprint density at radius 2 is 1.91 bits per heavy atom. The minimum Gasteiger partial charge on any atom is -0.396 e. The molecule has 2 heteroatoms. The fourth-order valence-electron chi connectivity index (χ4n) is 1.30. The van der Waals surface area contributed by atoms with E-state index in [-0.39, 0.29) is 0 Å². The molecule has 0 heterocycles. The lowest BCUT2D eigenvalue weighted by Gasteiger charge is -2.14. The van der Waals surface area contributed by atoms with Crippen LogP contribution >= 0.6 is 15.9 Å². The molecule has 0 radical (unpaired) electrons. The minimum atomic E-state index is 0.332. The molecule has 0 fully saturated rings. The smallest absolute Gasteiger partial charge is 0.0456 e. The van der Waals surface area contributed by atoms with Gasteiger partial charge in [0.05, 0.1) is 0 Å². The van der Waals surface area contributed by atoms with Crippen molar-refractivity contribution in [3.05, 3.63) is 0 Å². The van der Waals surface area contributed by atoms with Crippen LogP contribution in [0.5, 0.6) is 0 Å². The molecule has 11 heavy (non-hydrogen) atoms. The van der Waals surface area contributed by atoms with Gasteiger partial charge < -0.3 is 5.11 Å². The summed E-state index contributed by atoms with van der Waals surface area (Å²) >= 11 is 3.41. The molecule has 0 aromatic carbocycles. The Hall–Kier alpha value is 0.440. The Bertz CT molecular complexity index is 85.6. The molecular formula is C9H19BrO. The van der Waals surface area contributed by atoms with Crippen molar-refractivity contribution in [2.45, 2.75) is 33.1 Å². The van der Waals surface area contributed by atoms with Gasteiger partial charge in [0.2, 0.25) is 0 Å². The number of aliphatic hydroxyl groups excluding tert-OH is 1. The fraction of sp³-hybridized carbons (Fsp3) is 1.00. The predicted octanol–water partition coefficient (Wildman–Crippen LogP) is 2.82. The van der Waals surface area contributed by atoms with E-state index in [0.717, 1.165) is 17.7 Å². The van der Waals surface area contributed by atoms with Crippen molar-refractivity contribution in [3.63, 3.8) is 0 Å². The van der Waals surface area contributed by atoms with E-state index in [1.165, 1.54) is 12.8 Å². The van der Waals surface area contributed by atoms with Gasteiger partial charge in [0, 0.05) is 11.9 Å². The lowest BCUT2D eigenvalue weighted by atomic mass is 9.94. The summed E-state index contributed by atoms with van der Waals surface area (Å²) in [5.41, 5.74) is 0. The molecule has 0 saturated carbocycles. The van der Waals surface area contributed by atoms with Gasteiger partial charge in [-0.1, -0.05) is 29.8 Å². The molecule has 2 unspecified atom stereocenters. The van der Waals surface area contributed by atoms with E-state index < -0.39 is 0 Å². The number of halogens is 1. The minimum absolute atomic E-state index is 0.332. The second-order valence-electron chi connectivity index (χ2n) is 3.46. The maximum Gasteiger partial charge on any atom is 0.0456 e. The predicted molar refractivity (Wildman–Crippen MR) is 53.1 cm³/mol. The lowest BCUT2D eigenvalue weighted by molar-refractivity contribution is 0.213. The van der Waals surface area contributed by atoms with Gasteiger partial charge in [-0.15, -0.1) is 0 Å². The first-order chi connectivity index (χ1) is 5.20. The van der Waals surface area contributed by atoms with Gasteiger partial charge in [0.15, 0.2) is 0 Å². The van der Waals surface area contributed by atoms with Crippen LogP contribution in [0.3, 0.4) is 0 Å². The molecular weight excluding hydrogens is 204 g/mol. The van der Waals surface area contributed by atoms with Gasteiger partial charge >= 0.3 is 0 Å². The van der Waals surface area contributed by atoms with E-state index in [0.29, 0.717) is 12.5 Å². The summed E-state index contributed by atoms with van der Waals surface area (Å²) < 4.78 is 0. The Kier molecular flexibility index (Phi) is 7.39. The summed E-state index contributed by atoms with van der Waals surface area (Å²) in [6.45, 7) is 4.69. The van der Waals surface area contributed by atoms with Gasteiger partial charge in [-0.2, -0.15) is 0 Å². The summed E-state index contributed by atoms with van der Waals surface area (Å²) in [4.78, 5) is 0. The Morgan fingerprint density at radius 3 is 2.36 bits per heavy atom. The van der Waals surface area contributed by atoms with Crippen LogP contribution in [0.15, 0.2) is 0 Å². The van der Waals surface area contributed by atoms with Crippen molar-refractivity contribution >= 4 is 15.9 Å².